The Labute approximate surface area is 98.7 Å². The number of anilines is 1. The second-order valence-electron chi connectivity index (χ2n) is 4.77. The topological polar surface area (TPSA) is 81.6 Å². The van der Waals surface area contributed by atoms with Crippen LogP contribution in [0.25, 0.3) is 0 Å². The number of carbonyl (C=O) groups is 1. The molecule has 2 unspecified atom stereocenters. The maximum atomic E-state index is 11.3. The van der Waals surface area contributed by atoms with Crippen LogP contribution in [0.3, 0.4) is 0 Å². The van der Waals surface area contributed by atoms with Crippen LogP contribution in [0, 0.1) is 18.8 Å². The van der Waals surface area contributed by atoms with Gasteiger partial charge in [-0.25, -0.2) is 4.79 Å². The number of piperidine rings is 1. The number of aryl methyl sites for hydroxylation is 1. The molecule has 1 aliphatic heterocycles. The summed E-state index contributed by atoms with van der Waals surface area (Å²) in [6.45, 7) is 3.27. The normalized spacial score (nSPS) is 30.2. The Morgan fingerprint density at radius 1 is 1.53 bits per heavy atom. The van der Waals surface area contributed by atoms with Crippen LogP contribution in [0.15, 0.2) is 4.52 Å². The van der Waals surface area contributed by atoms with Crippen molar-refractivity contribution in [3.8, 4) is 0 Å². The first-order valence-electron chi connectivity index (χ1n) is 5.68. The Bertz CT molecular complexity index is 459. The fourth-order valence-corrected chi connectivity index (χ4v) is 2.85. The zero-order valence-corrected chi connectivity index (χ0v) is 9.84. The zero-order valence-electron chi connectivity index (χ0n) is 9.84. The van der Waals surface area contributed by atoms with Gasteiger partial charge in [0.05, 0.1) is 12.8 Å². The van der Waals surface area contributed by atoms with Gasteiger partial charge in [0.15, 0.2) is 5.76 Å². The molecule has 3 rings (SSSR count). The molecule has 2 N–H and O–H groups in total. The first-order chi connectivity index (χ1) is 8.13. The van der Waals surface area contributed by atoms with Crippen LogP contribution in [0.1, 0.15) is 17.4 Å². The van der Waals surface area contributed by atoms with Crippen LogP contribution >= 0.6 is 0 Å². The molecule has 2 aliphatic rings. The number of ether oxygens (including phenoxy) is 1. The Morgan fingerprint density at radius 2 is 2.18 bits per heavy atom. The third kappa shape index (κ3) is 1.40. The van der Waals surface area contributed by atoms with Gasteiger partial charge in [-0.1, -0.05) is 5.16 Å². The molecule has 1 amide bonds. The fraction of sp³-hybridized carbons (Fsp3) is 0.636. The molecule has 92 valence electrons. The van der Waals surface area contributed by atoms with Crippen molar-refractivity contribution < 1.29 is 14.1 Å². The molecule has 6 heteroatoms. The number of hydrogen-bond donors (Lipinski definition) is 1. The Balaban J connectivity index is 1.70. The second-order valence-corrected chi connectivity index (χ2v) is 4.77. The number of amides is 1. The van der Waals surface area contributed by atoms with E-state index in [9.17, 15) is 4.79 Å². The molecular formula is C11H15N3O3. The molecular weight excluding hydrogens is 222 g/mol. The highest BCUT2D eigenvalue weighted by Crippen LogP contribution is 2.59. The van der Waals surface area contributed by atoms with E-state index in [1.807, 2.05) is 6.92 Å². The average Bonchev–Trinajstić information content (AvgIpc) is 2.70. The smallest absolute Gasteiger partial charge is 0.409 e. The number of nitrogens with two attached hydrogens (primary N) is 1. The third-order valence-electron chi connectivity index (χ3n) is 3.88. The van der Waals surface area contributed by atoms with Gasteiger partial charge in [0.25, 0.3) is 0 Å². The molecule has 1 aromatic heterocycles. The summed E-state index contributed by atoms with van der Waals surface area (Å²) in [6.07, 6.45) is -0.250. The van der Waals surface area contributed by atoms with Crippen molar-refractivity contribution in [3.63, 3.8) is 0 Å². The number of aromatic nitrogens is 1. The van der Waals surface area contributed by atoms with E-state index in [2.05, 4.69) is 5.16 Å². The Hall–Kier alpha value is -1.72. The molecule has 2 heterocycles. The van der Waals surface area contributed by atoms with Crippen LogP contribution in [0.2, 0.25) is 0 Å². The number of carbonyl (C=O) groups excluding carboxylic acids is 1. The van der Waals surface area contributed by atoms with Crippen molar-refractivity contribution in [1.29, 1.82) is 0 Å². The summed E-state index contributed by atoms with van der Waals surface area (Å²) in [5.41, 5.74) is 7.43. The summed E-state index contributed by atoms with van der Waals surface area (Å²) in [5, 5.41) is 4.02. The summed E-state index contributed by atoms with van der Waals surface area (Å²) in [7, 11) is 1.41. The number of nitrogen functional groups attached to an aromatic ring is 1. The van der Waals surface area contributed by atoms with Gasteiger partial charge >= 0.3 is 6.09 Å². The monoisotopic (exact) mass is 237 g/mol. The summed E-state index contributed by atoms with van der Waals surface area (Å²) < 4.78 is 9.78. The second kappa shape index (κ2) is 3.38. The van der Waals surface area contributed by atoms with Gasteiger partial charge in [-0.05, 0) is 18.8 Å². The SMILES string of the molecule is COC(=O)N1CC2C(c3noc(C)c3N)[C@@H]2C1. The quantitative estimate of drug-likeness (QED) is 0.787. The van der Waals surface area contributed by atoms with E-state index in [0.717, 1.165) is 18.8 Å². The summed E-state index contributed by atoms with van der Waals surface area (Å²) in [6, 6.07) is 0. The lowest BCUT2D eigenvalue weighted by Gasteiger charge is -2.17. The first-order valence-corrected chi connectivity index (χ1v) is 5.68. The number of hydrogen-bond acceptors (Lipinski definition) is 5. The van der Waals surface area contributed by atoms with Crippen molar-refractivity contribution >= 4 is 11.8 Å². The van der Waals surface area contributed by atoms with Gasteiger partial charge in [-0.3, -0.25) is 0 Å². The molecule has 1 aliphatic carbocycles. The predicted octanol–water partition coefficient (Wildman–Crippen LogP) is 0.977. The summed E-state index contributed by atoms with van der Waals surface area (Å²) in [5.74, 6) is 1.95. The molecule has 1 saturated heterocycles. The lowest BCUT2D eigenvalue weighted by atomic mass is 10.1. The first kappa shape index (κ1) is 10.4. The zero-order chi connectivity index (χ0) is 12.2. The Morgan fingerprint density at radius 3 is 2.65 bits per heavy atom. The number of nitrogens with zero attached hydrogens (tertiary/aromatic N) is 2. The van der Waals surface area contributed by atoms with Gasteiger partial charge in [-0.2, -0.15) is 0 Å². The molecule has 6 nitrogen and oxygen atoms in total. The van der Waals surface area contributed by atoms with E-state index in [-0.39, 0.29) is 6.09 Å². The minimum Gasteiger partial charge on any atom is -0.453 e. The number of likely N-dealkylation sites (tertiary alicyclic amines) is 1. The standard InChI is InChI=1S/C11H15N3O3/c1-5-9(12)10(13-17-5)8-6-3-14(4-7(6)8)11(15)16-2/h6-8H,3-4,12H2,1-2H3/t6-,7?,8?/m1/s1. The number of methoxy groups -OCH3 is 1. The highest BCUT2D eigenvalue weighted by molar-refractivity contribution is 5.68. The van der Waals surface area contributed by atoms with Crippen LogP contribution in [-0.2, 0) is 4.74 Å². The summed E-state index contributed by atoms with van der Waals surface area (Å²) >= 11 is 0. The van der Waals surface area contributed by atoms with Crippen LogP contribution < -0.4 is 5.73 Å². The van der Waals surface area contributed by atoms with E-state index in [0.29, 0.717) is 29.2 Å². The molecule has 3 atom stereocenters. The Kier molecular flexibility index (Phi) is 2.08. The van der Waals surface area contributed by atoms with Gasteiger partial charge in [0.1, 0.15) is 5.69 Å². The lowest BCUT2D eigenvalue weighted by molar-refractivity contribution is 0.127. The van der Waals surface area contributed by atoms with Crippen LogP contribution in [0.5, 0.6) is 0 Å². The van der Waals surface area contributed by atoms with Crippen molar-refractivity contribution in [1.82, 2.24) is 10.1 Å². The highest BCUT2D eigenvalue weighted by Gasteiger charge is 2.59. The van der Waals surface area contributed by atoms with Gasteiger partial charge in [0.2, 0.25) is 0 Å². The molecule has 1 saturated carbocycles. The largest absolute Gasteiger partial charge is 0.453 e. The fourth-order valence-electron chi connectivity index (χ4n) is 2.85. The van der Waals surface area contributed by atoms with E-state index in [1.54, 1.807) is 4.90 Å². The molecule has 2 fully saturated rings. The summed E-state index contributed by atoms with van der Waals surface area (Å²) in [4.78, 5) is 13.1. The minimum atomic E-state index is -0.250. The maximum absolute atomic E-state index is 11.3. The molecule has 0 radical (unpaired) electrons. The van der Waals surface area contributed by atoms with Crippen LogP contribution in [0.4, 0.5) is 10.5 Å². The van der Waals surface area contributed by atoms with Gasteiger partial charge in [0, 0.05) is 19.0 Å². The maximum Gasteiger partial charge on any atom is 0.409 e. The van der Waals surface area contributed by atoms with E-state index < -0.39 is 0 Å². The highest BCUT2D eigenvalue weighted by atomic mass is 16.5. The minimum absolute atomic E-state index is 0.250. The van der Waals surface area contributed by atoms with Crippen molar-refractivity contribution in [2.75, 3.05) is 25.9 Å². The van der Waals surface area contributed by atoms with E-state index in [1.165, 1.54) is 7.11 Å². The van der Waals surface area contributed by atoms with Crippen LogP contribution in [-0.4, -0.2) is 36.3 Å². The third-order valence-corrected chi connectivity index (χ3v) is 3.88. The molecule has 0 aromatic carbocycles. The number of rotatable bonds is 1. The van der Waals surface area contributed by atoms with E-state index >= 15 is 0 Å². The van der Waals surface area contributed by atoms with Gasteiger partial charge in [-0.15, -0.1) is 0 Å². The van der Waals surface area contributed by atoms with E-state index in [4.69, 9.17) is 15.0 Å². The average molecular weight is 237 g/mol. The van der Waals surface area contributed by atoms with Crippen molar-refractivity contribution in [2.24, 2.45) is 11.8 Å². The lowest BCUT2D eigenvalue weighted by Crippen LogP contribution is -2.31. The molecule has 1 aromatic rings. The molecule has 17 heavy (non-hydrogen) atoms. The molecule has 0 bridgehead atoms. The number of fused-ring (bicyclic) bond motifs is 1. The van der Waals surface area contributed by atoms with Crippen molar-refractivity contribution in [3.05, 3.63) is 11.5 Å². The predicted molar refractivity (Wildman–Crippen MR) is 59.4 cm³/mol. The molecule has 0 spiro atoms. The van der Waals surface area contributed by atoms with Gasteiger partial charge < -0.3 is 19.9 Å². The van der Waals surface area contributed by atoms with Crippen molar-refractivity contribution in [2.45, 2.75) is 12.8 Å².